The highest BCUT2D eigenvalue weighted by Crippen LogP contribution is 2.32. The van der Waals surface area contributed by atoms with Crippen LogP contribution in [0.3, 0.4) is 0 Å². The molecular formula is C22H23N5O4. The van der Waals surface area contributed by atoms with E-state index in [4.69, 9.17) is 4.74 Å². The second-order valence-corrected chi connectivity index (χ2v) is 7.19. The van der Waals surface area contributed by atoms with Gasteiger partial charge in [-0.1, -0.05) is 24.3 Å². The fourth-order valence-corrected chi connectivity index (χ4v) is 3.75. The van der Waals surface area contributed by atoms with Crippen LogP contribution in [0.1, 0.15) is 13.3 Å². The van der Waals surface area contributed by atoms with Crippen LogP contribution in [-0.2, 0) is 16.1 Å². The summed E-state index contributed by atoms with van der Waals surface area (Å²) in [4.78, 5) is 44.0. The third-order valence-electron chi connectivity index (χ3n) is 5.35. The number of aromatic nitrogens is 2. The van der Waals surface area contributed by atoms with Crippen molar-refractivity contribution in [2.45, 2.75) is 19.9 Å². The summed E-state index contributed by atoms with van der Waals surface area (Å²) < 4.78 is 6.78. The topological polar surface area (TPSA) is 106 Å². The minimum absolute atomic E-state index is 0.0806. The molecule has 9 heteroatoms. The van der Waals surface area contributed by atoms with E-state index >= 15 is 0 Å². The minimum Gasteiger partial charge on any atom is -0.495 e. The first-order valence-electron chi connectivity index (χ1n) is 10.0. The first-order chi connectivity index (χ1) is 15.0. The zero-order valence-corrected chi connectivity index (χ0v) is 17.3. The predicted octanol–water partition coefficient (Wildman–Crippen LogP) is 1.92. The van der Waals surface area contributed by atoms with E-state index < -0.39 is 5.92 Å². The van der Waals surface area contributed by atoms with Crippen molar-refractivity contribution in [3.05, 3.63) is 58.9 Å². The van der Waals surface area contributed by atoms with Crippen molar-refractivity contribution in [3.63, 3.8) is 0 Å². The summed E-state index contributed by atoms with van der Waals surface area (Å²) in [5, 5.41) is 0.509. The van der Waals surface area contributed by atoms with Crippen molar-refractivity contribution in [1.29, 1.82) is 0 Å². The van der Waals surface area contributed by atoms with Gasteiger partial charge in [-0.15, -0.1) is 0 Å². The lowest BCUT2D eigenvalue weighted by molar-refractivity contribution is -0.125. The Morgan fingerprint density at radius 1 is 1.16 bits per heavy atom. The molecule has 1 aromatic heterocycles. The Kier molecular flexibility index (Phi) is 5.57. The summed E-state index contributed by atoms with van der Waals surface area (Å²) in [6.07, 6.45) is 0.0806. The van der Waals surface area contributed by atoms with Gasteiger partial charge in [0.1, 0.15) is 5.75 Å². The molecule has 0 bridgehead atoms. The number of amides is 2. The average Bonchev–Trinajstić information content (AvgIpc) is 3.19. The molecule has 1 fully saturated rings. The predicted molar refractivity (Wildman–Crippen MR) is 117 cm³/mol. The van der Waals surface area contributed by atoms with Crippen LogP contribution in [0.4, 0.5) is 11.6 Å². The Balaban J connectivity index is 1.50. The number of hydrazine groups is 1. The van der Waals surface area contributed by atoms with Gasteiger partial charge in [0.25, 0.3) is 5.56 Å². The third kappa shape index (κ3) is 3.81. The number of hydrogen-bond donors (Lipinski definition) is 2. The molecule has 1 aliphatic heterocycles. The van der Waals surface area contributed by atoms with Crippen LogP contribution < -0.4 is 26.0 Å². The molecule has 3 aromatic rings. The van der Waals surface area contributed by atoms with Crippen LogP contribution in [0.25, 0.3) is 10.9 Å². The van der Waals surface area contributed by atoms with Crippen LogP contribution in [0, 0.1) is 5.92 Å². The number of nitrogens with one attached hydrogen (secondary N) is 2. The molecule has 2 heterocycles. The Bertz CT molecular complexity index is 1210. The fourth-order valence-electron chi connectivity index (χ4n) is 3.75. The van der Waals surface area contributed by atoms with Crippen molar-refractivity contribution in [2.24, 2.45) is 5.92 Å². The Hall–Kier alpha value is -3.88. The van der Waals surface area contributed by atoms with Gasteiger partial charge in [0.05, 0.1) is 29.6 Å². The molecule has 0 aliphatic carbocycles. The van der Waals surface area contributed by atoms with Gasteiger partial charge in [-0.3, -0.25) is 29.8 Å². The summed E-state index contributed by atoms with van der Waals surface area (Å²) in [6.45, 7) is 2.45. The largest absolute Gasteiger partial charge is 0.495 e. The van der Waals surface area contributed by atoms with E-state index in [1.54, 1.807) is 41.3 Å². The Morgan fingerprint density at radius 2 is 1.90 bits per heavy atom. The average molecular weight is 421 g/mol. The number of fused-ring (bicyclic) bond motifs is 1. The number of benzene rings is 2. The van der Waals surface area contributed by atoms with Gasteiger partial charge in [-0.25, -0.2) is 4.98 Å². The molecule has 2 amide bonds. The molecule has 1 aliphatic rings. The molecule has 2 aromatic carbocycles. The Morgan fingerprint density at radius 3 is 2.68 bits per heavy atom. The highest BCUT2D eigenvalue weighted by atomic mass is 16.5. The van der Waals surface area contributed by atoms with E-state index in [9.17, 15) is 14.4 Å². The number of carbonyl (C=O) groups is 2. The summed E-state index contributed by atoms with van der Waals surface area (Å²) in [5.74, 6) is -0.241. The summed E-state index contributed by atoms with van der Waals surface area (Å²) in [6, 6.07) is 14.2. The van der Waals surface area contributed by atoms with Crippen LogP contribution >= 0.6 is 0 Å². The highest BCUT2D eigenvalue weighted by Gasteiger charge is 2.36. The third-order valence-corrected chi connectivity index (χ3v) is 5.35. The van der Waals surface area contributed by atoms with Gasteiger partial charge in [-0.2, -0.15) is 0 Å². The fraction of sp³-hybridized carbons (Fsp3) is 0.273. The molecule has 0 spiro atoms. The molecule has 0 saturated carbocycles. The number of hydrogen-bond acceptors (Lipinski definition) is 6. The van der Waals surface area contributed by atoms with Crippen molar-refractivity contribution in [1.82, 2.24) is 15.0 Å². The van der Waals surface area contributed by atoms with Gasteiger partial charge in [0, 0.05) is 19.5 Å². The lowest BCUT2D eigenvalue weighted by atomic mass is 10.1. The first-order valence-corrected chi connectivity index (χ1v) is 10.0. The molecule has 0 radical (unpaired) electrons. The molecule has 31 heavy (non-hydrogen) atoms. The second kappa shape index (κ2) is 8.47. The summed E-state index contributed by atoms with van der Waals surface area (Å²) in [7, 11) is 1.54. The number of para-hydroxylation sites is 3. The number of methoxy groups -OCH3 is 1. The van der Waals surface area contributed by atoms with Gasteiger partial charge < -0.3 is 9.64 Å². The van der Waals surface area contributed by atoms with Gasteiger partial charge >= 0.3 is 0 Å². The lowest BCUT2D eigenvalue weighted by Crippen LogP contribution is -2.39. The standard InChI is InChI=1S/C22H23N5O4/c1-3-26-21(30)15-8-4-5-9-16(15)23-22(26)25-24-20(29)14-12-19(28)27(13-14)17-10-6-7-11-18(17)31-2/h4-11,14H,3,12-13H2,1-2H3,(H,23,25)(H,24,29). The Labute approximate surface area is 178 Å². The number of anilines is 2. The maximum absolute atomic E-state index is 12.7. The number of nitrogens with zero attached hydrogens (tertiary/aromatic N) is 3. The van der Waals surface area contributed by atoms with Crippen molar-refractivity contribution in [2.75, 3.05) is 24.0 Å². The van der Waals surface area contributed by atoms with Gasteiger partial charge in [0.15, 0.2) is 0 Å². The van der Waals surface area contributed by atoms with Gasteiger partial charge in [-0.05, 0) is 31.2 Å². The first kappa shape index (κ1) is 20.4. The molecule has 160 valence electrons. The minimum atomic E-state index is -0.549. The smallest absolute Gasteiger partial charge is 0.262 e. The molecule has 1 unspecified atom stereocenters. The number of ether oxygens (including phenoxy) is 1. The molecule has 2 N–H and O–H groups in total. The van der Waals surface area contributed by atoms with Crippen LogP contribution in [-0.4, -0.2) is 35.0 Å². The van der Waals surface area contributed by atoms with Crippen molar-refractivity contribution in [3.8, 4) is 5.75 Å². The molecule has 1 saturated heterocycles. The van der Waals surface area contributed by atoms with Crippen LogP contribution in [0.2, 0.25) is 0 Å². The van der Waals surface area contributed by atoms with E-state index in [0.29, 0.717) is 28.9 Å². The van der Waals surface area contributed by atoms with E-state index in [2.05, 4.69) is 15.8 Å². The second-order valence-electron chi connectivity index (χ2n) is 7.19. The normalized spacial score (nSPS) is 15.9. The van der Waals surface area contributed by atoms with Crippen LogP contribution in [0.15, 0.2) is 53.3 Å². The summed E-state index contributed by atoms with van der Waals surface area (Å²) in [5.41, 5.74) is 6.35. The molecular weight excluding hydrogens is 398 g/mol. The van der Waals surface area contributed by atoms with Crippen molar-refractivity contribution < 1.29 is 14.3 Å². The molecule has 4 rings (SSSR count). The van der Waals surface area contributed by atoms with Crippen LogP contribution in [0.5, 0.6) is 5.75 Å². The number of rotatable bonds is 6. The zero-order valence-electron chi connectivity index (χ0n) is 17.3. The van der Waals surface area contributed by atoms with Gasteiger partial charge in [0.2, 0.25) is 17.8 Å². The molecule has 9 nitrogen and oxygen atoms in total. The quantitative estimate of drug-likeness (QED) is 0.589. The maximum Gasteiger partial charge on any atom is 0.262 e. The van der Waals surface area contributed by atoms with E-state index in [-0.39, 0.29) is 36.3 Å². The zero-order chi connectivity index (χ0) is 22.0. The maximum atomic E-state index is 12.7. The molecule has 1 atom stereocenters. The number of carbonyl (C=O) groups excluding carboxylic acids is 2. The lowest BCUT2D eigenvalue weighted by Gasteiger charge is -2.19. The van der Waals surface area contributed by atoms with E-state index in [1.807, 2.05) is 19.1 Å². The van der Waals surface area contributed by atoms with Crippen molar-refractivity contribution >= 4 is 34.4 Å². The SMILES string of the molecule is CCn1c(NNC(=O)C2CC(=O)N(c3ccccc3OC)C2)nc2ccccc2c1=O. The monoisotopic (exact) mass is 421 g/mol. The van der Waals surface area contributed by atoms with E-state index in [0.717, 1.165) is 0 Å². The summed E-state index contributed by atoms with van der Waals surface area (Å²) >= 11 is 0. The van der Waals surface area contributed by atoms with E-state index in [1.165, 1.54) is 11.7 Å². The highest BCUT2D eigenvalue weighted by molar-refractivity contribution is 6.01.